The maximum atomic E-state index is 13.7. The SMILES string of the molecule is CCOc1ccc(C(NN)c2ccc(F)c(F)c2Br)cc1. The van der Waals surface area contributed by atoms with Crippen LogP contribution < -0.4 is 16.0 Å². The summed E-state index contributed by atoms with van der Waals surface area (Å²) >= 11 is 3.07. The van der Waals surface area contributed by atoms with Crippen molar-refractivity contribution in [2.24, 2.45) is 5.84 Å². The molecule has 0 spiro atoms. The summed E-state index contributed by atoms with van der Waals surface area (Å²) in [6, 6.07) is 9.35. The van der Waals surface area contributed by atoms with Gasteiger partial charge in [0.15, 0.2) is 11.6 Å². The van der Waals surface area contributed by atoms with E-state index in [9.17, 15) is 8.78 Å². The number of rotatable bonds is 5. The molecular formula is C15H15BrF2N2O. The molecule has 3 nitrogen and oxygen atoms in total. The quantitative estimate of drug-likeness (QED) is 0.488. The Morgan fingerprint density at radius 3 is 2.43 bits per heavy atom. The summed E-state index contributed by atoms with van der Waals surface area (Å²) in [7, 11) is 0. The maximum Gasteiger partial charge on any atom is 0.173 e. The summed E-state index contributed by atoms with van der Waals surface area (Å²) in [5, 5.41) is 0. The van der Waals surface area contributed by atoms with Gasteiger partial charge in [-0.25, -0.2) is 14.2 Å². The van der Waals surface area contributed by atoms with Crippen molar-refractivity contribution in [1.29, 1.82) is 0 Å². The summed E-state index contributed by atoms with van der Waals surface area (Å²) in [6.45, 7) is 2.48. The lowest BCUT2D eigenvalue weighted by atomic mass is 9.99. The summed E-state index contributed by atoms with van der Waals surface area (Å²) in [6.07, 6.45) is 0. The second-order valence-electron chi connectivity index (χ2n) is 4.37. The third kappa shape index (κ3) is 3.40. The number of benzene rings is 2. The number of halogens is 3. The summed E-state index contributed by atoms with van der Waals surface area (Å²) in [5.41, 5.74) is 3.94. The van der Waals surface area contributed by atoms with Crippen molar-refractivity contribution in [3.8, 4) is 5.75 Å². The molecule has 3 N–H and O–H groups in total. The highest BCUT2D eigenvalue weighted by molar-refractivity contribution is 9.10. The molecule has 0 radical (unpaired) electrons. The molecule has 2 rings (SSSR count). The monoisotopic (exact) mass is 356 g/mol. The van der Waals surface area contributed by atoms with Crippen LogP contribution in [0, 0.1) is 11.6 Å². The molecule has 0 amide bonds. The van der Waals surface area contributed by atoms with E-state index >= 15 is 0 Å². The number of nitrogens with two attached hydrogens (primary N) is 1. The van der Waals surface area contributed by atoms with Gasteiger partial charge in [-0.15, -0.1) is 0 Å². The van der Waals surface area contributed by atoms with E-state index in [-0.39, 0.29) is 4.47 Å². The lowest BCUT2D eigenvalue weighted by Gasteiger charge is -2.19. The Labute approximate surface area is 130 Å². The minimum atomic E-state index is -0.932. The predicted octanol–water partition coefficient (Wildman–Crippen LogP) is 3.68. The molecule has 6 heteroatoms. The second-order valence-corrected chi connectivity index (χ2v) is 5.16. The Morgan fingerprint density at radius 2 is 1.86 bits per heavy atom. The fourth-order valence-electron chi connectivity index (χ4n) is 2.05. The molecule has 112 valence electrons. The summed E-state index contributed by atoms with van der Waals surface area (Å²) in [5.74, 6) is 4.47. The molecule has 2 aromatic carbocycles. The van der Waals surface area contributed by atoms with Crippen LogP contribution in [-0.2, 0) is 0 Å². The molecule has 0 aliphatic carbocycles. The van der Waals surface area contributed by atoms with Gasteiger partial charge < -0.3 is 4.74 Å². The first-order valence-electron chi connectivity index (χ1n) is 6.40. The average molecular weight is 357 g/mol. The van der Waals surface area contributed by atoms with Gasteiger partial charge in [-0.05, 0) is 52.2 Å². The number of hydrazine groups is 1. The number of hydrogen-bond donors (Lipinski definition) is 2. The second kappa shape index (κ2) is 6.98. The summed E-state index contributed by atoms with van der Waals surface area (Å²) in [4.78, 5) is 0. The van der Waals surface area contributed by atoms with Gasteiger partial charge >= 0.3 is 0 Å². The van der Waals surface area contributed by atoms with E-state index in [0.29, 0.717) is 12.2 Å². The molecule has 0 saturated heterocycles. The van der Waals surface area contributed by atoms with Crippen LogP contribution >= 0.6 is 15.9 Å². The first-order valence-corrected chi connectivity index (χ1v) is 7.20. The molecule has 0 aliphatic heterocycles. The van der Waals surface area contributed by atoms with Gasteiger partial charge in [0.25, 0.3) is 0 Å². The van der Waals surface area contributed by atoms with Crippen LogP contribution in [0.2, 0.25) is 0 Å². The van der Waals surface area contributed by atoms with Gasteiger partial charge in [0, 0.05) is 0 Å². The van der Waals surface area contributed by atoms with Crippen molar-refractivity contribution in [2.75, 3.05) is 6.61 Å². The first kappa shape index (κ1) is 15.9. The van der Waals surface area contributed by atoms with E-state index in [1.807, 2.05) is 19.1 Å². The van der Waals surface area contributed by atoms with Crippen LogP contribution in [-0.4, -0.2) is 6.61 Å². The molecule has 0 aromatic heterocycles. The fourth-order valence-corrected chi connectivity index (χ4v) is 2.60. The average Bonchev–Trinajstić information content (AvgIpc) is 2.50. The minimum Gasteiger partial charge on any atom is -0.494 e. The van der Waals surface area contributed by atoms with Crippen LogP contribution in [0.4, 0.5) is 8.78 Å². The zero-order chi connectivity index (χ0) is 15.4. The topological polar surface area (TPSA) is 47.3 Å². The predicted molar refractivity (Wildman–Crippen MR) is 80.8 cm³/mol. The van der Waals surface area contributed by atoms with E-state index < -0.39 is 17.7 Å². The number of ether oxygens (including phenoxy) is 1. The fraction of sp³-hybridized carbons (Fsp3) is 0.200. The number of nitrogens with one attached hydrogen (secondary N) is 1. The summed E-state index contributed by atoms with van der Waals surface area (Å²) < 4.78 is 32.3. The molecular weight excluding hydrogens is 342 g/mol. The van der Waals surface area contributed by atoms with Crippen molar-refractivity contribution in [3.05, 3.63) is 63.6 Å². The van der Waals surface area contributed by atoms with Crippen LogP contribution in [0.25, 0.3) is 0 Å². The van der Waals surface area contributed by atoms with Gasteiger partial charge in [0.1, 0.15) is 5.75 Å². The largest absolute Gasteiger partial charge is 0.494 e. The lowest BCUT2D eigenvalue weighted by Crippen LogP contribution is -2.29. The Morgan fingerprint density at radius 1 is 1.19 bits per heavy atom. The van der Waals surface area contributed by atoms with Crippen LogP contribution in [0.5, 0.6) is 5.75 Å². The Hall–Kier alpha value is -1.50. The van der Waals surface area contributed by atoms with Gasteiger partial charge in [0.05, 0.1) is 17.1 Å². The maximum absolute atomic E-state index is 13.7. The van der Waals surface area contributed by atoms with Crippen molar-refractivity contribution in [2.45, 2.75) is 13.0 Å². The van der Waals surface area contributed by atoms with Gasteiger partial charge in [-0.1, -0.05) is 18.2 Å². The van der Waals surface area contributed by atoms with E-state index in [1.54, 1.807) is 12.1 Å². The highest BCUT2D eigenvalue weighted by atomic mass is 79.9. The van der Waals surface area contributed by atoms with Gasteiger partial charge in [-0.3, -0.25) is 5.84 Å². The first-order chi connectivity index (χ1) is 10.1. The van der Waals surface area contributed by atoms with E-state index in [0.717, 1.165) is 17.4 Å². The Bertz CT molecular complexity index is 620. The molecule has 0 saturated carbocycles. The molecule has 0 aliphatic rings. The van der Waals surface area contributed by atoms with Crippen LogP contribution in [0.3, 0.4) is 0 Å². The minimum absolute atomic E-state index is 0.0549. The third-order valence-corrected chi connectivity index (χ3v) is 3.87. The molecule has 21 heavy (non-hydrogen) atoms. The molecule has 0 heterocycles. The van der Waals surface area contributed by atoms with Crippen molar-refractivity contribution >= 4 is 15.9 Å². The Kier molecular flexibility index (Phi) is 5.27. The molecule has 0 fully saturated rings. The lowest BCUT2D eigenvalue weighted by molar-refractivity contribution is 0.340. The van der Waals surface area contributed by atoms with Crippen molar-refractivity contribution in [3.63, 3.8) is 0 Å². The van der Waals surface area contributed by atoms with E-state index in [2.05, 4.69) is 21.4 Å². The Balaban J connectivity index is 2.37. The molecule has 0 bridgehead atoms. The van der Waals surface area contributed by atoms with E-state index in [4.69, 9.17) is 10.6 Å². The third-order valence-electron chi connectivity index (χ3n) is 3.07. The normalized spacial score (nSPS) is 12.2. The molecule has 2 aromatic rings. The highest BCUT2D eigenvalue weighted by Gasteiger charge is 2.19. The van der Waals surface area contributed by atoms with Gasteiger partial charge in [-0.2, -0.15) is 0 Å². The van der Waals surface area contributed by atoms with E-state index in [1.165, 1.54) is 6.07 Å². The van der Waals surface area contributed by atoms with Crippen LogP contribution in [0.1, 0.15) is 24.1 Å². The van der Waals surface area contributed by atoms with Gasteiger partial charge in [0.2, 0.25) is 0 Å². The van der Waals surface area contributed by atoms with Crippen molar-refractivity contribution < 1.29 is 13.5 Å². The zero-order valence-electron chi connectivity index (χ0n) is 11.4. The smallest absolute Gasteiger partial charge is 0.173 e. The molecule has 1 atom stereocenters. The highest BCUT2D eigenvalue weighted by Crippen LogP contribution is 2.31. The van der Waals surface area contributed by atoms with Crippen molar-refractivity contribution in [1.82, 2.24) is 5.43 Å². The molecule has 1 unspecified atom stereocenters. The number of hydrogen-bond acceptors (Lipinski definition) is 3. The standard InChI is InChI=1S/C15H15BrF2N2O/c1-2-21-10-5-3-9(4-6-10)15(20-19)11-7-8-12(17)14(18)13(11)16/h3-8,15,20H,2,19H2,1H3. The van der Waals surface area contributed by atoms with Crippen LogP contribution in [0.15, 0.2) is 40.9 Å². The zero-order valence-corrected chi connectivity index (χ0v) is 13.0.